The summed E-state index contributed by atoms with van der Waals surface area (Å²) in [6.45, 7) is 0.478. The molecule has 4 unspecified atom stereocenters. The van der Waals surface area contributed by atoms with Crippen LogP contribution in [0.3, 0.4) is 0 Å². The van der Waals surface area contributed by atoms with Gasteiger partial charge in [0.05, 0.1) is 12.7 Å². The lowest BCUT2D eigenvalue weighted by Crippen LogP contribution is -2.66. The molecule has 7 nitrogen and oxygen atoms in total. The van der Waals surface area contributed by atoms with Crippen LogP contribution in [0.15, 0.2) is 42.7 Å². The predicted octanol–water partition coefficient (Wildman–Crippen LogP) is 2.66. The van der Waals surface area contributed by atoms with Crippen LogP contribution in [-0.4, -0.2) is 29.6 Å². The SMILES string of the molecule is COc1ccc2c(c1)OC1(CC3CCC1CC3C(=O)NCc1cccnc1)NC2=O. The third kappa shape index (κ3) is 3.18. The molecule has 30 heavy (non-hydrogen) atoms. The highest BCUT2D eigenvalue weighted by molar-refractivity contribution is 5.98. The Balaban J connectivity index is 1.31. The topological polar surface area (TPSA) is 89.6 Å². The van der Waals surface area contributed by atoms with Gasteiger partial charge in [0.1, 0.15) is 11.5 Å². The maximum absolute atomic E-state index is 12.9. The van der Waals surface area contributed by atoms with Crippen molar-refractivity contribution in [3.8, 4) is 11.5 Å². The zero-order valence-corrected chi connectivity index (χ0v) is 16.9. The van der Waals surface area contributed by atoms with Crippen LogP contribution in [0.1, 0.15) is 41.6 Å². The number of pyridine rings is 1. The number of hydrogen-bond acceptors (Lipinski definition) is 5. The van der Waals surface area contributed by atoms with E-state index in [1.54, 1.807) is 37.7 Å². The van der Waals surface area contributed by atoms with E-state index in [1.165, 1.54) is 0 Å². The monoisotopic (exact) mass is 407 g/mol. The first-order valence-corrected chi connectivity index (χ1v) is 10.4. The number of nitrogens with one attached hydrogen (secondary N) is 2. The fourth-order valence-corrected chi connectivity index (χ4v) is 5.26. The number of hydrogen-bond donors (Lipinski definition) is 2. The molecular formula is C23H25N3O4. The fraction of sp³-hybridized carbons (Fsp3) is 0.435. The van der Waals surface area contributed by atoms with Crippen molar-refractivity contribution < 1.29 is 19.1 Å². The second kappa shape index (κ2) is 7.31. The maximum Gasteiger partial charge on any atom is 0.258 e. The van der Waals surface area contributed by atoms with Crippen LogP contribution < -0.4 is 20.1 Å². The quantitative estimate of drug-likeness (QED) is 0.813. The summed E-state index contributed by atoms with van der Waals surface area (Å²) in [5, 5.41) is 6.19. The lowest BCUT2D eigenvalue weighted by molar-refractivity contribution is -0.146. The first-order valence-electron chi connectivity index (χ1n) is 10.4. The molecule has 1 aromatic heterocycles. The molecule has 2 bridgehead atoms. The molecule has 3 fully saturated rings. The number of carbonyl (C=O) groups excluding carboxylic acids is 2. The zero-order valence-electron chi connectivity index (χ0n) is 16.9. The summed E-state index contributed by atoms with van der Waals surface area (Å²) in [6, 6.07) is 9.08. The Labute approximate surface area is 175 Å². The van der Waals surface area contributed by atoms with Gasteiger partial charge in [-0.05, 0) is 48.9 Å². The average Bonchev–Trinajstić information content (AvgIpc) is 2.78. The second-order valence-electron chi connectivity index (χ2n) is 8.47. The van der Waals surface area contributed by atoms with E-state index in [0.717, 1.165) is 18.4 Å². The minimum absolute atomic E-state index is 0.0572. The summed E-state index contributed by atoms with van der Waals surface area (Å²) in [6.07, 6.45) is 6.75. The van der Waals surface area contributed by atoms with Gasteiger partial charge >= 0.3 is 0 Å². The normalized spacial score (nSPS) is 29.0. The lowest BCUT2D eigenvalue weighted by atomic mass is 9.60. The van der Waals surface area contributed by atoms with Crippen LogP contribution in [0, 0.1) is 17.8 Å². The molecule has 4 aliphatic rings. The van der Waals surface area contributed by atoms with Crippen molar-refractivity contribution in [1.29, 1.82) is 0 Å². The largest absolute Gasteiger partial charge is 0.497 e. The van der Waals surface area contributed by atoms with Crippen molar-refractivity contribution in [3.63, 3.8) is 0 Å². The minimum atomic E-state index is -0.737. The van der Waals surface area contributed by atoms with Gasteiger partial charge < -0.3 is 20.1 Å². The molecule has 2 amide bonds. The Morgan fingerprint density at radius 2 is 2.27 bits per heavy atom. The fourth-order valence-electron chi connectivity index (χ4n) is 5.26. The zero-order chi connectivity index (χ0) is 20.7. The number of methoxy groups -OCH3 is 1. The lowest BCUT2D eigenvalue weighted by Gasteiger charge is -2.55. The second-order valence-corrected chi connectivity index (χ2v) is 8.47. The van der Waals surface area contributed by atoms with Gasteiger partial charge in [0, 0.05) is 43.3 Å². The minimum Gasteiger partial charge on any atom is -0.497 e. The molecule has 7 heteroatoms. The first-order chi connectivity index (χ1) is 14.6. The molecule has 1 aromatic carbocycles. The van der Waals surface area contributed by atoms with Gasteiger partial charge in [-0.15, -0.1) is 0 Å². The van der Waals surface area contributed by atoms with Gasteiger partial charge in [-0.25, -0.2) is 0 Å². The van der Waals surface area contributed by atoms with Gasteiger partial charge in [-0.3, -0.25) is 14.6 Å². The Bertz CT molecular complexity index is 980. The highest BCUT2D eigenvalue weighted by Crippen LogP contribution is 2.52. The molecule has 1 spiro atoms. The van der Waals surface area contributed by atoms with Crippen molar-refractivity contribution in [3.05, 3.63) is 53.9 Å². The van der Waals surface area contributed by atoms with E-state index in [1.807, 2.05) is 12.1 Å². The van der Waals surface area contributed by atoms with Crippen LogP contribution in [0.2, 0.25) is 0 Å². The number of rotatable bonds is 4. The van der Waals surface area contributed by atoms with E-state index in [9.17, 15) is 9.59 Å². The number of aromatic nitrogens is 1. The molecule has 3 aliphatic carbocycles. The summed E-state index contributed by atoms with van der Waals surface area (Å²) < 4.78 is 11.7. The molecule has 2 heterocycles. The molecule has 1 aliphatic heterocycles. The maximum atomic E-state index is 12.9. The summed E-state index contributed by atoms with van der Waals surface area (Å²) in [4.78, 5) is 29.8. The molecular weight excluding hydrogens is 382 g/mol. The highest BCUT2D eigenvalue weighted by Gasteiger charge is 2.57. The van der Waals surface area contributed by atoms with E-state index in [2.05, 4.69) is 15.6 Å². The average molecular weight is 407 g/mol. The molecule has 0 radical (unpaired) electrons. The van der Waals surface area contributed by atoms with Crippen molar-refractivity contribution in [1.82, 2.24) is 15.6 Å². The molecule has 4 atom stereocenters. The van der Waals surface area contributed by atoms with Crippen molar-refractivity contribution >= 4 is 11.8 Å². The summed E-state index contributed by atoms with van der Waals surface area (Å²) >= 11 is 0. The first kappa shape index (κ1) is 18.9. The van der Waals surface area contributed by atoms with E-state index in [4.69, 9.17) is 9.47 Å². The van der Waals surface area contributed by atoms with E-state index in [0.29, 0.717) is 36.4 Å². The van der Waals surface area contributed by atoms with Gasteiger partial charge in [0.25, 0.3) is 5.91 Å². The standard InChI is InChI=1S/C23H25N3O4/c1-29-17-6-7-18-20(10-17)30-23(26-22(18)28)11-15-4-5-16(23)9-19(15)21(27)25-13-14-3-2-8-24-12-14/h2-3,6-8,10,12,15-16,19H,4-5,9,11,13H2,1H3,(H,25,27)(H,26,28). The van der Waals surface area contributed by atoms with Crippen LogP contribution >= 0.6 is 0 Å². The van der Waals surface area contributed by atoms with E-state index < -0.39 is 5.72 Å². The Kier molecular flexibility index (Phi) is 4.60. The number of benzene rings is 1. The Morgan fingerprint density at radius 1 is 1.37 bits per heavy atom. The summed E-state index contributed by atoms with van der Waals surface area (Å²) in [5.74, 6) is 1.39. The Morgan fingerprint density at radius 3 is 3.00 bits per heavy atom. The third-order valence-corrected chi connectivity index (χ3v) is 6.80. The van der Waals surface area contributed by atoms with Gasteiger partial charge in [-0.1, -0.05) is 6.07 Å². The van der Waals surface area contributed by atoms with Gasteiger partial charge in [-0.2, -0.15) is 0 Å². The third-order valence-electron chi connectivity index (χ3n) is 6.80. The molecule has 156 valence electrons. The van der Waals surface area contributed by atoms with Crippen molar-refractivity contribution in [2.75, 3.05) is 7.11 Å². The van der Waals surface area contributed by atoms with E-state index in [-0.39, 0.29) is 29.6 Å². The smallest absolute Gasteiger partial charge is 0.258 e. The molecule has 0 saturated heterocycles. The predicted molar refractivity (Wildman–Crippen MR) is 109 cm³/mol. The Hall–Kier alpha value is -3.09. The van der Waals surface area contributed by atoms with E-state index >= 15 is 0 Å². The molecule has 3 saturated carbocycles. The number of ether oxygens (including phenoxy) is 2. The summed E-state index contributed by atoms with van der Waals surface area (Å²) in [5.41, 5.74) is 0.768. The molecule has 2 N–H and O–H groups in total. The number of carbonyl (C=O) groups is 2. The number of nitrogens with zero attached hydrogens (tertiary/aromatic N) is 1. The van der Waals surface area contributed by atoms with Crippen LogP contribution in [0.4, 0.5) is 0 Å². The van der Waals surface area contributed by atoms with Crippen molar-refractivity contribution in [2.24, 2.45) is 17.8 Å². The molecule has 2 aromatic rings. The number of amides is 2. The number of fused-ring (bicyclic) bond motifs is 3. The highest BCUT2D eigenvalue weighted by atomic mass is 16.5. The summed E-state index contributed by atoms with van der Waals surface area (Å²) in [7, 11) is 1.59. The van der Waals surface area contributed by atoms with Crippen LogP contribution in [0.25, 0.3) is 0 Å². The van der Waals surface area contributed by atoms with Crippen LogP contribution in [-0.2, 0) is 11.3 Å². The van der Waals surface area contributed by atoms with Crippen molar-refractivity contribution in [2.45, 2.75) is 38.0 Å². The molecule has 6 rings (SSSR count). The van der Waals surface area contributed by atoms with Gasteiger partial charge in [0.15, 0.2) is 5.72 Å². The van der Waals surface area contributed by atoms with Gasteiger partial charge in [0.2, 0.25) is 5.91 Å². The van der Waals surface area contributed by atoms with Crippen LogP contribution in [0.5, 0.6) is 11.5 Å².